The molecule has 0 aliphatic heterocycles. The first-order chi connectivity index (χ1) is 11.5. The second kappa shape index (κ2) is 8.67. The summed E-state index contributed by atoms with van der Waals surface area (Å²) in [6.45, 7) is 3.33. The first-order valence-electron chi connectivity index (χ1n) is 7.77. The summed E-state index contributed by atoms with van der Waals surface area (Å²) in [5.41, 5.74) is 12.6. The minimum Gasteiger partial charge on any atom is -0.492 e. The molecule has 128 valence electrons. The molecule has 0 saturated carbocycles. The highest BCUT2D eigenvalue weighted by Gasteiger charge is 2.09. The van der Waals surface area contributed by atoms with Crippen LogP contribution in [0.1, 0.15) is 6.92 Å². The summed E-state index contributed by atoms with van der Waals surface area (Å²) in [6, 6.07) is 14.3. The van der Waals surface area contributed by atoms with Crippen LogP contribution in [0.2, 0.25) is 0 Å². The molecule has 0 radical (unpaired) electrons. The molecule has 0 fully saturated rings. The molecule has 2 aromatic carbocycles. The van der Waals surface area contributed by atoms with E-state index in [0.717, 1.165) is 11.5 Å². The van der Waals surface area contributed by atoms with Crippen LogP contribution >= 0.6 is 0 Å². The van der Waals surface area contributed by atoms with Gasteiger partial charge in [-0.1, -0.05) is 0 Å². The molecular weight excluding hydrogens is 306 g/mol. The van der Waals surface area contributed by atoms with E-state index in [4.69, 9.17) is 20.9 Å². The Morgan fingerprint density at radius 2 is 1.21 bits per heavy atom. The van der Waals surface area contributed by atoms with Gasteiger partial charge in [-0.3, -0.25) is 4.79 Å². The normalized spacial score (nSPS) is 10.2. The van der Waals surface area contributed by atoms with Crippen molar-refractivity contribution < 1.29 is 14.3 Å². The van der Waals surface area contributed by atoms with Gasteiger partial charge in [0, 0.05) is 18.3 Å². The maximum atomic E-state index is 11.7. The average Bonchev–Trinajstić information content (AvgIpc) is 2.56. The van der Waals surface area contributed by atoms with Crippen LogP contribution in [0.15, 0.2) is 48.5 Å². The molecule has 0 spiro atoms. The van der Waals surface area contributed by atoms with E-state index in [1.165, 1.54) is 6.92 Å². The van der Waals surface area contributed by atoms with Gasteiger partial charge in [-0.05, 0) is 48.5 Å². The Morgan fingerprint density at radius 3 is 1.54 bits per heavy atom. The minimum atomic E-state index is -0.0168. The molecule has 4 N–H and O–H groups in total. The van der Waals surface area contributed by atoms with Crippen LogP contribution in [0.4, 0.5) is 11.4 Å². The van der Waals surface area contributed by atoms with Crippen LogP contribution in [-0.2, 0) is 4.79 Å². The van der Waals surface area contributed by atoms with Crippen LogP contribution in [0.25, 0.3) is 0 Å². The molecule has 24 heavy (non-hydrogen) atoms. The van der Waals surface area contributed by atoms with E-state index in [2.05, 4.69) is 0 Å². The number of benzene rings is 2. The molecular formula is C18H23N3O3. The van der Waals surface area contributed by atoms with Gasteiger partial charge in [0.25, 0.3) is 0 Å². The second-order valence-corrected chi connectivity index (χ2v) is 5.34. The number of hydrogen-bond acceptors (Lipinski definition) is 5. The lowest BCUT2D eigenvalue weighted by atomic mass is 10.3. The fraction of sp³-hybridized carbons (Fsp3) is 0.278. The van der Waals surface area contributed by atoms with Gasteiger partial charge in [-0.25, -0.2) is 0 Å². The van der Waals surface area contributed by atoms with Crippen LogP contribution in [0.5, 0.6) is 11.5 Å². The number of hydrogen-bond donors (Lipinski definition) is 2. The van der Waals surface area contributed by atoms with Gasteiger partial charge < -0.3 is 25.8 Å². The summed E-state index contributed by atoms with van der Waals surface area (Å²) >= 11 is 0. The smallest absolute Gasteiger partial charge is 0.219 e. The Hall–Kier alpha value is -2.89. The molecule has 2 aromatic rings. The van der Waals surface area contributed by atoms with Crippen LogP contribution < -0.4 is 20.9 Å². The fourth-order valence-corrected chi connectivity index (χ4v) is 2.10. The summed E-state index contributed by atoms with van der Waals surface area (Å²) < 4.78 is 11.2. The van der Waals surface area contributed by atoms with Crippen molar-refractivity contribution in [2.75, 3.05) is 37.8 Å². The van der Waals surface area contributed by atoms with E-state index in [0.29, 0.717) is 37.7 Å². The zero-order chi connectivity index (χ0) is 17.4. The van der Waals surface area contributed by atoms with Crippen molar-refractivity contribution in [2.45, 2.75) is 6.92 Å². The first-order valence-corrected chi connectivity index (χ1v) is 7.77. The zero-order valence-corrected chi connectivity index (χ0v) is 13.8. The lowest BCUT2D eigenvalue weighted by molar-refractivity contribution is -0.129. The van der Waals surface area contributed by atoms with Crippen molar-refractivity contribution in [3.63, 3.8) is 0 Å². The van der Waals surface area contributed by atoms with Gasteiger partial charge in [-0.15, -0.1) is 0 Å². The highest BCUT2D eigenvalue weighted by molar-refractivity contribution is 5.73. The van der Waals surface area contributed by atoms with E-state index in [1.54, 1.807) is 53.4 Å². The monoisotopic (exact) mass is 329 g/mol. The Bertz CT molecular complexity index is 590. The van der Waals surface area contributed by atoms with Crippen molar-refractivity contribution in [1.82, 2.24) is 4.90 Å². The lowest BCUT2D eigenvalue weighted by Crippen LogP contribution is -2.36. The third-order valence-electron chi connectivity index (χ3n) is 3.47. The van der Waals surface area contributed by atoms with Gasteiger partial charge in [0.05, 0.1) is 13.1 Å². The van der Waals surface area contributed by atoms with Crippen molar-refractivity contribution in [3.05, 3.63) is 48.5 Å². The molecule has 2 rings (SSSR count). The maximum absolute atomic E-state index is 11.7. The number of nitrogen functional groups attached to an aromatic ring is 2. The largest absolute Gasteiger partial charge is 0.492 e. The highest BCUT2D eigenvalue weighted by atomic mass is 16.5. The Morgan fingerprint density at radius 1 is 0.833 bits per heavy atom. The summed E-state index contributed by atoms with van der Waals surface area (Å²) in [6.07, 6.45) is 0. The number of anilines is 2. The average molecular weight is 329 g/mol. The van der Waals surface area contributed by atoms with Gasteiger partial charge in [-0.2, -0.15) is 0 Å². The molecule has 0 aromatic heterocycles. The molecule has 0 aliphatic carbocycles. The number of nitrogens with two attached hydrogens (primary N) is 2. The van der Waals surface area contributed by atoms with Crippen molar-refractivity contribution >= 4 is 17.3 Å². The van der Waals surface area contributed by atoms with Crippen molar-refractivity contribution in [2.24, 2.45) is 0 Å². The van der Waals surface area contributed by atoms with E-state index in [9.17, 15) is 4.79 Å². The maximum Gasteiger partial charge on any atom is 0.219 e. The third kappa shape index (κ3) is 5.72. The van der Waals surface area contributed by atoms with Gasteiger partial charge >= 0.3 is 0 Å². The Kier molecular flexibility index (Phi) is 6.31. The Labute approximate surface area is 142 Å². The summed E-state index contributed by atoms with van der Waals surface area (Å²) in [5, 5.41) is 0. The number of ether oxygens (including phenoxy) is 2. The molecule has 0 aliphatic rings. The van der Waals surface area contributed by atoms with Crippen LogP contribution in [-0.4, -0.2) is 37.1 Å². The first kappa shape index (κ1) is 17.5. The van der Waals surface area contributed by atoms with E-state index >= 15 is 0 Å². The zero-order valence-electron chi connectivity index (χ0n) is 13.8. The second-order valence-electron chi connectivity index (χ2n) is 5.34. The molecule has 0 saturated heterocycles. The van der Waals surface area contributed by atoms with Crippen molar-refractivity contribution in [1.29, 1.82) is 0 Å². The van der Waals surface area contributed by atoms with E-state index in [1.807, 2.05) is 0 Å². The molecule has 6 heteroatoms. The minimum absolute atomic E-state index is 0.0168. The molecule has 0 atom stereocenters. The van der Waals surface area contributed by atoms with E-state index < -0.39 is 0 Å². The molecule has 1 amide bonds. The predicted octanol–water partition coefficient (Wildman–Crippen LogP) is 2.16. The topological polar surface area (TPSA) is 90.8 Å². The molecule has 0 bridgehead atoms. The summed E-state index contributed by atoms with van der Waals surface area (Å²) in [4.78, 5) is 13.4. The number of nitrogens with zero attached hydrogens (tertiary/aromatic N) is 1. The summed E-state index contributed by atoms with van der Waals surface area (Å²) in [5.74, 6) is 1.44. The Balaban J connectivity index is 1.74. The quantitative estimate of drug-likeness (QED) is 0.724. The summed E-state index contributed by atoms with van der Waals surface area (Å²) in [7, 11) is 0. The number of carbonyl (C=O) groups excluding carboxylic acids is 1. The highest BCUT2D eigenvalue weighted by Crippen LogP contribution is 2.14. The standard InChI is InChI=1S/C18H23N3O3/c1-14(22)21(10-12-23-17-6-2-15(19)3-7-17)11-13-24-18-8-4-16(20)5-9-18/h2-9H,10-13,19-20H2,1H3. The van der Waals surface area contributed by atoms with Gasteiger partial charge in [0.15, 0.2) is 0 Å². The molecule has 0 unspecified atom stereocenters. The molecule has 0 heterocycles. The fourth-order valence-electron chi connectivity index (χ4n) is 2.10. The SMILES string of the molecule is CC(=O)N(CCOc1ccc(N)cc1)CCOc1ccc(N)cc1. The lowest BCUT2D eigenvalue weighted by Gasteiger charge is -2.21. The number of amides is 1. The number of carbonyl (C=O) groups is 1. The van der Waals surface area contributed by atoms with Crippen LogP contribution in [0.3, 0.4) is 0 Å². The van der Waals surface area contributed by atoms with Crippen molar-refractivity contribution in [3.8, 4) is 11.5 Å². The van der Waals surface area contributed by atoms with Crippen LogP contribution in [0, 0.1) is 0 Å². The predicted molar refractivity (Wildman–Crippen MR) is 95.0 cm³/mol. The van der Waals surface area contributed by atoms with Gasteiger partial charge in [0.2, 0.25) is 5.91 Å². The number of rotatable bonds is 8. The van der Waals surface area contributed by atoms with Gasteiger partial charge in [0.1, 0.15) is 24.7 Å². The molecule has 6 nitrogen and oxygen atoms in total. The third-order valence-corrected chi connectivity index (χ3v) is 3.47. The van der Waals surface area contributed by atoms with E-state index in [-0.39, 0.29) is 5.91 Å².